The Hall–Kier alpha value is -3.06. The van der Waals surface area contributed by atoms with Gasteiger partial charge >= 0.3 is 0 Å². The van der Waals surface area contributed by atoms with Crippen LogP contribution in [0.5, 0.6) is 0 Å². The highest BCUT2D eigenvalue weighted by molar-refractivity contribution is 6.31. The number of benzene rings is 2. The summed E-state index contributed by atoms with van der Waals surface area (Å²) in [6.07, 6.45) is 0. The van der Waals surface area contributed by atoms with Crippen molar-refractivity contribution in [2.45, 2.75) is 13.5 Å². The molecule has 0 amide bonds. The second-order valence-corrected chi connectivity index (χ2v) is 6.21. The summed E-state index contributed by atoms with van der Waals surface area (Å²) < 4.78 is 14.9. The maximum absolute atomic E-state index is 13.1. The summed E-state index contributed by atoms with van der Waals surface area (Å²) >= 11 is 6.27. The molecule has 0 saturated heterocycles. The van der Waals surface area contributed by atoms with E-state index < -0.39 is 0 Å². The first-order valence-corrected chi connectivity index (χ1v) is 8.32. The number of halogens is 2. The van der Waals surface area contributed by atoms with Crippen molar-refractivity contribution >= 4 is 34.1 Å². The van der Waals surface area contributed by atoms with Crippen molar-refractivity contribution in [3.05, 3.63) is 70.6 Å². The molecule has 0 saturated carbocycles. The third kappa shape index (κ3) is 3.09. The van der Waals surface area contributed by atoms with E-state index in [9.17, 15) is 4.39 Å². The quantitative estimate of drug-likeness (QED) is 0.587. The van der Waals surface area contributed by atoms with Crippen LogP contribution in [0.15, 0.2) is 48.5 Å². The van der Waals surface area contributed by atoms with E-state index >= 15 is 0 Å². The van der Waals surface area contributed by atoms with Gasteiger partial charge in [-0.3, -0.25) is 0 Å². The summed E-state index contributed by atoms with van der Waals surface area (Å²) in [5.41, 5.74) is 3.65. The Kier molecular flexibility index (Phi) is 4.22. The van der Waals surface area contributed by atoms with Gasteiger partial charge in [-0.2, -0.15) is 5.10 Å². The van der Waals surface area contributed by atoms with Gasteiger partial charge in [-0.25, -0.2) is 9.07 Å². The topological polar surface area (TPSA) is 68.5 Å². The number of nitrogens with zero attached hydrogens (tertiary/aromatic N) is 5. The lowest BCUT2D eigenvalue weighted by molar-refractivity contribution is 0.628. The fourth-order valence-corrected chi connectivity index (χ4v) is 2.86. The summed E-state index contributed by atoms with van der Waals surface area (Å²) in [5.74, 6) is 0.190. The fourth-order valence-electron chi connectivity index (χ4n) is 2.66. The van der Waals surface area contributed by atoms with Crippen molar-refractivity contribution < 1.29 is 4.39 Å². The van der Waals surface area contributed by atoms with E-state index in [4.69, 9.17) is 11.6 Å². The van der Waals surface area contributed by atoms with Crippen molar-refractivity contribution in [1.29, 1.82) is 0 Å². The van der Waals surface area contributed by atoms with Gasteiger partial charge in [0.25, 0.3) is 0 Å². The highest BCUT2D eigenvalue weighted by Gasteiger charge is 2.16. The van der Waals surface area contributed by atoms with Crippen LogP contribution in [0.4, 0.5) is 15.9 Å². The highest BCUT2D eigenvalue weighted by atomic mass is 35.5. The predicted octanol–water partition coefficient (Wildman–Crippen LogP) is 4.11. The van der Waals surface area contributed by atoms with Crippen molar-refractivity contribution in [3.8, 4) is 0 Å². The largest absolute Gasteiger partial charge is 0.337 e. The van der Waals surface area contributed by atoms with E-state index in [-0.39, 0.29) is 5.82 Å². The molecule has 0 atom stereocenters. The molecule has 2 aromatic carbocycles. The minimum absolute atomic E-state index is 0.305. The molecule has 1 N–H and O–H groups in total. The Bertz CT molecular complexity index is 1080. The average Bonchev–Trinajstić information content (AvgIpc) is 3.06. The van der Waals surface area contributed by atoms with Gasteiger partial charge in [0, 0.05) is 10.7 Å². The van der Waals surface area contributed by atoms with E-state index in [1.807, 2.05) is 31.2 Å². The van der Waals surface area contributed by atoms with E-state index in [1.54, 1.807) is 16.8 Å². The standard InChI is InChI=1S/C18H14ClFN6/c1-11-16-17(18(24-22-11)21-14-8-6-13(20)7-9-14)26(25-23-16)10-12-4-2-3-5-15(12)19/h2-9H,10H2,1H3,(H,21,24). The van der Waals surface area contributed by atoms with Crippen LogP contribution in [0.25, 0.3) is 11.0 Å². The number of anilines is 2. The number of nitrogens with one attached hydrogen (secondary N) is 1. The van der Waals surface area contributed by atoms with Crippen LogP contribution < -0.4 is 5.32 Å². The van der Waals surface area contributed by atoms with Crippen LogP contribution >= 0.6 is 11.6 Å². The second kappa shape index (κ2) is 6.68. The van der Waals surface area contributed by atoms with E-state index in [1.165, 1.54) is 12.1 Å². The highest BCUT2D eigenvalue weighted by Crippen LogP contribution is 2.26. The zero-order valence-corrected chi connectivity index (χ0v) is 14.6. The summed E-state index contributed by atoms with van der Waals surface area (Å²) in [4.78, 5) is 0. The van der Waals surface area contributed by atoms with Crippen LogP contribution in [0.1, 0.15) is 11.3 Å². The number of rotatable bonds is 4. The number of hydrogen-bond acceptors (Lipinski definition) is 5. The second-order valence-electron chi connectivity index (χ2n) is 5.80. The first-order valence-electron chi connectivity index (χ1n) is 7.94. The van der Waals surface area contributed by atoms with Gasteiger partial charge in [0.15, 0.2) is 5.82 Å². The van der Waals surface area contributed by atoms with Crippen molar-refractivity contribution in [1.82, 2.24) is 25.2 Å². The van der Waals surface area contributed by atoms with Gasteiger partial charge < -0.3 is 5.32 Å². The Balaban J connectivity index is 1.78. The molecule has 6 nitrogen and oxygen atoms in total. The lowest BCUT2D eigenvalue weighted by Gasteiger charge is -2.10. The van der Waals surface area contributed by atoms with Crippen LogP contribution in [-0.4, -0.2) is 25.2 Å². The Morgan fingerprint density at radius 1 is 1.04 bits per heavy atom. The van der Waals surface area contributed by atoms with Crippen LogP contribution in [0, 0.1) is 12.7 Å². The summed E-state index contributed by atoms with van der Waals surface area (Å²) in [5, 5.41) is 20.6. The lowest BCUT2D eigenvalue weighted by atomic mass is 10.2. The summed E-state index contributed by atoms with van der Waals surface area (Å²) in [6.45, 7) is 2.27. The molecule has 2 heterocycles. The van der Waals surface area contributed by atoms with Gasteiger partial charge in [0.05, 0.1) is 12.2 Å². The average molecular weight is 369 g/mol. The van der Waals surface area contributed by atoms with Crippen LogP contribution in [0.2, 0.25) is 5.02 Å². The molecule has 0 radical (unpaired) electrons. The molecular weight excluding hydrogens is 355 g/mol. The Morgan fingerprint density at radius 2 is 1.81 bits per heavy atom. The molecule has 0 fully saturated rings. The van der Waals surface area contributed by atoms with Crippen molar-refractivity contribution in [3.63, 3.8) is 0 Å². The lowest BCUT2D eigenvalue weighted by Crippen LogP contribution is -2.06. The minimum atomic E-state index is -0.305. The molecule has 0 aliphatic rings. The van der Waals surface area contributed by atoms with E-state index in [2.05, 4.69) is 25.8 Å². The molecule has 26 heavy (non-hydrogen) atoms. The first-order chi connectivity index (χ1) is 12.6. The molecule has 4 rings (SSSR count). The summed E-state index contributed by atoms with van der Waals surface area (Å²) in [6, 6.07) is 13.6. The summed E-state index contributed by atoms with van der Waals surface area (Å²) in [7, 11) is 0. The SMILES string of the molecule is Cc1nnc(Nc2ccc(F)cc2)c2c1nnn2Cc1ccccc1Cl. The van der Waals surface area contributed by atoms with Gasteiger partial charge in [0.2, 0.25) is 0 Å². The molecule has 130 valence electrons. The molecular formula is C18H14ClFN6. The number of hydrogen-bond donors (Lipinski definition) is 1. The Morgan fingerprint density at radius 3 is 2.58 bits per heavy atom. The molecule has 4 aromatic rings. The van der Waals surface area contributed by atoms with Gasteiger partial charge in [-0.15, -0.1) is 10.2 Å². The molecule has 8 heteroatoms. The Labute approximate surface area is 153 Å². The predicted molar refractivity (Wildman–Crippen MR) is 98.1 cm³/mol. The van der Waals surface area contributed by atoms with Crippen LogP contribution in [0.3, 0.4) is 0 Å². The van der Waals surface area contributed by atoms with Crippen LogP contribution in [-0.2, 0) is 6.54 Å². The molecule has 0 aliphatic carbocycles. The van der Waals surface area contributed by atoms with Gasteiger partial charge in [0.1, 0.15) is 16.9 Å². The fraction of sp³-hybridized carbons (Fsp3) is 0.111. The van der Waals surface area contributed by atoms with Crippen molar-refractivity contribution in [2.75, 3.05) is 5.32 Å². The van der Waals surface area contributed by atoms with Gasteiger partial charge in [-0.05, 0) is 42.8 Å². The molecule has 0 aliphatic heterocycles. The maximum Gasteiger partial charge on any atom is 0.181 e. The minimum Gasteiger partial charge on any atom is -0.337 e. The molecule has 0 spiro atoms. The zero-order chi connectivity index (χ0) is 18.1. The molecule has 2 aromatic heterocycles. The zero-order valence-electron chi connectivity index (χ0n) is 13.8. The first kappa shape index (κ1) is 16.4. The maximum atomic E-state index is 13.1. The smallest absolute Gasteiger partial charge is 0.181 e. The van der Waals surface area contributed by atoms with Crippen molar-refractivity contribution in [2.24, 2.45) is 0 Å². The number of fused-ring (bicyclic) bond motifs is 1. The molecule has 0 bridgehead atoms. The normalized spacial score (nSPS) is 11.0. The van der Waals surface area contributed by atoms with E-state index in [0.29, 0.717) is 39.8 Å². The third-order valence-corrected chi connectivity index (χ3v) is 4.36. The van der Waals surface area contributed by atoms with E-state index in [0.717, 1.165) is 5.56 Å². The molecule has 0 unspecified atom stereocenters. The number of aromatic nitrogens is 5. The third-order valence-electron chi connectivity index (χ3n) is 3.99. The number of aryl methyl sites for hydroxylation is 1. The van der Waals surface area contributed by atoms with Gasteiger partial charge in [-0.1, -0.05) is 35.0 Å². The monoisotopic (exact) mass is 368 g/mol.